The molecule has 20 heavy (non-hydrogen) atoms. The van der Waals surface area contributed by atoms with E-state index in [0.29, 0.717) is 6.61 Å². The third-order valence-corrected chi connectivity index (χ3v) is 2.73. The van der Waals surface area contributed by atoms with Gasteiger partial charge >= 0.3 is 0 Å². The summed E-state index contributed by atoms with van der Waals surface area (Å²) in [5, 5.41) is 8.65. The fourth-order valence-corrected chi connectivity index (χ4v) is 1.76. The van der Waals surface area contributed by atoms with Crippen LogP contribution in [0.15, 0.2) is 42.5 Å². The molecule has 0 amide bonds. The molecule has 0 unspecified atom stereocenters. The minimum atomic E-state index is -0.398. The fraction of sp³-hybridized carbons (Fsp3) is 0.176. The van der Waals surface area contributed by atoms with Crippen LogP contribution in [-0.4, -0.2) is 11.7 Å². The summed E-state index contributed by atoms with van der Waals surface area (Å²) in [7, 11) is 0. The molecule has 0 saturated heterocycles. The van der Waals surface area contributed by atoms with E-state index in [2.05, 4.69) is 11.8 Å². The van der Waals surface area contributed by atoms with Gasteiger partial charge in [-0.05, 0) is 42.3 Å². The van der Waals surface area contributed by atoms with Crippen LogP contribution >= 0.6 is 0 Å². The third kappa shape index (κ3) is 3.84. The van der Waals surface area contributed by atoms with E-state index < -0.39 is 5.82 Å². The van der Waals surface area contributed by atoms with E-state index in [9.17, 15) is 4.39 Å². The number of aliphatic hydroxyl groups is 1. The maximum atomic E-state index is 13.5. The van der Waals surface area contributed by atoms with Crippen LogP contribution in [0.1, 0.15) is 16.7 Å². The van der Waals surface area contributed by atoms with E-state index in [1.54, 1.807) is 12.1 Å². The Balaban J connectivity index is 2.10. The standard InChI is InChI=1S/C17H15FO2/c1-13-4-2-6-16(10-13)20-12-14-7-8-17(18)15(11-14)5-3-9-19/h2,4,6-8,10-11,19H,9,12H2,1H3. The van der Waals surface area contributed by atoms with Gasteiger partial charge in [0.2, 0.25) is 0 Å². The van der Waals surface area contributed by atoms with Crippen molar-refractivity contribution in [2.75, 3.05) is 6.61 Å². The van der Waals surface area contributed by atoms with Gasteiger partial charge in [0, 0.05) is 0 Å². The largest absolute Gasteiger partial charge is 0.489 e. The van der Waals surface area contributed by atoms with Crippen LogP contribution in [0.25, 0.3) is 0 Å². The molecule has 0 fully saturated rings. The average molecular weight is 270 g/mol. The predicted octanol–water partition coefficient (Wildman–Crippen LogP) is 3.06. The highest BCUT2D eigenvalue weighted by molar-refractivity contribution is 5.38. The molecule has 102 valence electrons. The van der Waals surface area contributed by atoms with Crippen molar-refractivity contribution in [3.05, 3.63) is 65.0 Å². The molecule has 1 N–H and O–H groups in total. The Morgan fingerprint density at radius 3 is 2.80 bits per heavy atom. The van der Waals surface area contributed by atoms with Crippen molar-refractivity contribution in [2.45, 2.75) is 13.5 Å². The van der Waals surface area contributed by atoms with Gasteiger partial charge in [-0.25, -0.2) is 4.39 Å². The number of aryl methyl sites for hydroxylation is 1. The summed E-state index contributed by atoms with van der Waals surface area (Å²) < 4.78 is 19.1. The van der Waals surface area contributed by atoms with Crippen molar-refractivity contribution in [3.8, 4) is 17.6 Å². The number of benzene rings is 2. The number of halogens is 1. The van der Waals surface area contributed by atoms with E-state index in [1.165, 1.54) is 6.07 Å². The molecule has 2 rings (SSSR count). The minimum absolute atomic E-state index is 0.268. The van der Waals surface area contributed by atoms with Crippen molar-refractivity contribution < 1.29 is 14.2 Å². The highest BCUT2D eigenvalue weighted by atomic mass is 19.1. The lowest BCUT2D eigenvalue weighted by atomic mass is 10.1. The van der Waals surface area contributed by atoms with Gasteiger partial charge in [-0.15, -0.1) is 0 Å². The molecule has 0 spiro atoms. The van der Waals surface area contributed by atoms with Crippen LogP contribution in [0.3, 0.4) is 0 Å². The van der Waals surface area contributed by atoms with E-state index in [1.807, 2.05) is 31.2 Å². The Bertz CT molecular complexity index is 654. The van der Waals surface area contributed by atoms with Gasteiger partial charge in [0.25, 0.3) is 0 Å². The molecule has 2 nitrogen and oxygen atoms in total. The number of hydrogen-bond acceptors (Lipinski definition) is 2. The molecular weight excluding hydrogens is 255 g/mol. The molecule has 0 saturated carbocycles. The maximum Gasteiger partial charge on any atom is 0.138 e. The lowest BCUT2D eigenvalue weighted by Crippen LogP contribution is -1.97. The molecule has 0 heterocycles. The summed E-state index contributed by atoms with van der Waals surface area (Å²) in [5.41, 5.74) is 2.22. The average Bonchev–Trinajstić information content (AvgIpc) is 2.45. The molecule has 2 aromatic rings. The molecule has 0 aromatic heterocycles. The van der Waals surface area contributed by atoms with Crippen LogP contribution in [0, 0.1) is 24.6 Å². The second-order valence-corrected chi connectivity index (χ2v) is 4.38. The highest BCUT2D eigenvalue weighted by Crippen LogP contribution is 2.16. The molecule has 0 radical (unpaired) electrons. The van der Waals surface area contributed by atoms with Crippen LogP contribution in [0.5, 0.6) is 5.75 Å². The van der Waals surface area contributed by atoms with E-state index >= 15 is 0 Å². The zero-order valence-corrected chi connectivity index (χ0v) is 11.2. The molecule has 0 atom stereocenters. The first-order chi connectivity index (χ1) is 9.69. The van der Waals surface area contributed by atoms with Crippen molar-refractivity contribution >= 4 is 0 Å². The van der Waals surface area contributed by atoms with Crippen molar-refractivity contribution in [1.82, 2.24) is 0 Å². The lowest BCUT2D eigenvalue weighted by molar-refractivity contribution is 0.306. The Morgan fingerprint density at radius 1 is 1.20 bits per heavy atom. The summed E-state index contributed by atoms with van der Waals surface area (Å²) in [6.07, 6.45) is 0. The summed E-state index contributed by atoms with van der Waals surface area (Å²) in [5.74, 6) is 5.40. The second-order valence-electron chi connectivity index (χ2n) is 4.38. The number of aliphatic hydroxyl groups excluding tert-OH is 1. The molecular formula is C17H15FO2. The Hall–Kier alpha value is -2.31. The Kier molecular flexibility index (Phi) is 4.75. The zero-order chi connectivity index (χ0) is 14.4. The number of rotatable bonds is 3. The quantitative estimate of drug-likeness (QED) is 0.869. The van der Waals surface area contributed by atoms with Crippen molar-refractivity contribution in [3.63, 3.8) is 0 Å². The SMILES string of the molecule is Cc1cccc(OCc2ccc(F)c(C#CCO)c2)c1. The summed E-state index contributed by atoms with van der Waals surface area (Å²) in [6, 6.07) is 12.4. The van der Waals surface area contributed by atoms with Crippen LogP contribution < -0.4 is 4.74 Å². The minimum Gasteiger partial charge on any atom is -0.489 e. The van der Waals surface area contributed by atoms with Crippen LogP contribution in [0.4, 0.5) is 4.39 Å². The highest BCUT2D eigenvalue weighted by Gasteiger charge is 2.02. The topological polar surface area (TPSA) is 29.5 Å². The summed E-state index contributed by atoms with van der Waals surface area (Å²) in [6.45, 7) is 2.05. The first kappa shape index (κ1) is 14.1. The summed E-state index contributed by atoms with van der Waals surface area (Å²) in [4.78, 5) is 0. The van der Waals surface area contributed by atoms with E-state index in [0.717, 1.165) is 16.9 Å². The smallest absolute Gasteiger partial charge is 0.138 e. The molecule has 0 bridgehead atoms. The van der Waals surface area contributed by atoms with Crippen LogP contribution in [0.2, 0.25) is 0 Å². The lowest BCUT2D eigenvalue weighted by Gasteiger charge is -2.07. The Morgan fingerprint density at radius 2 is 2.05 bits per heavy atom. The van der Waals surface area contributed by atoms with E-state index in [-0.39, 0.29) is 12.2 Å². The first-order valence-corrected chi connectivity index (χ1v) is 6.26. The normalized spacial score (nSPS) is 9.75. The van der Waals surface area contributed by atoms with Gasteiger partial charge in [0.15, 0.2) is 0 Å². The van der Waals surface area contributed by atoms with Gasteiger partial charge in [-0.2, -0.15) is 0 Å². The number of ether oxygens (including phenoxy) is 1. The van der Waals surface area contributed by atoms with Gasteiger partial charge in [-0.1, -0.05) is 30.0 Å². The maximum absolute atomic E-state index is 13.5. The predicted molar refractivity (Wildman–Crippen MR) is 75.9 cm³/mol. The fourth-order valence-electron chi connectivity index (χ4n) is 1.76. The third-order valence-electron chi connectivity index (χ3n) is 2.73. The van der Waals surface area contributed by atoms with E-state index in [4.69, 9.17) is 9.84 Å². The Labute approximate surface area is 117 Å². The molecule has 2 aromatic carbocycles. The van der Waals surface area contributed by atoms with Gasteiger partial charge in [0.05, 0.1) is 5.56 Å². The molecule has 0 aliphatic carbocycles. The van der Waals surface area contributed by atoms with Gasteiger partial charge < -0.3 is 9.84 Å². The molecule has 0 aliphatic rings. The second kappa shape index (κ2) is 6.74. The zero-order valence-electron chi connectivity index (χ0n) is 11.2. The van der Waals surface area contributed by atoms with Crippen LogP contribution in [-0.2, 0) is 6.61 Å². The molecule has 3 heteroatoms. The van der Waals surface area contributed by atoms with Crippen molar-refractivity contribution in [1.29, 1.82) is 0 Å². The molecule has 0 aliphatic heterocycles. The summed E-state index contributed by atoms with van der Waals surface area (Å²) >= 11 is 0. The van der Waals surface area contributed by atoms with Crippen molar-refractivity contribution in [2.24, 2.45) is 0 Å². The monoisotopic (exact) mass is 270 g/mol. The number of hydrogen-bond donors (Lipinski definition) is 1. The first-order valence-electron chi connectivity index (χ1n) is 6.26. The van der Waals surface area contributed by atoms with Gasteiger partial charge in [-0.3, -0.25) is 0 Å². The van der Waals surface area contributed by atoms with Gasteiger partial charge in [0.1, 0.15) is 24.8 Å².